The number of hydrogen-bond acceptors (Lipinski definition) is 5. The van der Waals surface area contributed by atoms with Crippen LogP contribution in [0.1, 0.15) is 16.7 Å². The highest BCUT2D eigenvalue weighted by Crippen LogP contribution is 2.43. The normalized spacial score (nSPS) is 14.5. The van der Waals surface area contributed by atoms with Gasteiger partial charge in [0.05, 0.1) is 19.1 Å². The first-order valence-electron chi connectivity index (χ1n) is 10.4. The van der Waals surface area contributed by atoms with E-state index >= 15 is 0 Å². The molecule has 2 aromatic carbocycles. The van der Waals surface area contributed by atoms with Gasteiger partial charge in [0.2, 0.25) is 0 Å². The van der Waals surface area contributed by atoms with Gasteiger partial charge in [0.15, 0.2) is 0 Å². The Kier molecular flexibility index (Phi) is 5.15. The molecule has 5 rings (SSSR count). The predicted octanol–water partition coefficient (Wildman–Crippen LogP) is 4.83. The first-order valence-corrected chi connectivity index (χ1v) is 10.4. The number of pyridine rings is 1. The second-order valence-corrected chi connectivity index (χ2v) is 7.92. The maximum absolute atomic E-state index is 13.5. The number of esters is 1. The highest BCUT2D eigenvalue weighted by Gasteiger charge is 2.38. The van der Waals surface area contributed by atoms with Crippen molar-refractivity contribution in [1.82, 2.24) is 4.98 Å². The number of hydrogen-bond donors (Lipinski definition) is 1. The average Bonchev–Trinajstić information content (AvgIpc) is 3.39. The zero-order chi connectivity index (χ0) is 24.0. The summed E-state index contributed by atoms with van der Waals surface area (Å²) in [6.45, 7) is 0.216. The van der Waals surface area contributed by atoms with E-state index in [4.69, 9.17) is 9.47 Å². The van der Waals surface area contributed by atoms with E-state index in [1.165, 1.54) is 18.1 Å². The van der Waals surface area contributed by atoms with Gasteiger partial charge in [-0.1, -0.05) is 6.07 Å². The number of ether oxygens (including phenoxy) is 2. The lowest BCUT2D eigenvalue weighted by Gasteiger charge is -2.21. The molecule has 0 spiro atoms. The molecule has 0 saturated heterocycles. The van der Waals surface area contributed by atoms with Crippen molar-refractivity contribution in [2.24, 2.45) is 0 Å². The molecule has 0 aliphatic carbocycles. The van der Waals surface area contributed by atoms with Gasteiger partial charge in [0.1, 0.15) is 11.5 Å². The van der Waals surface area contributed by atoms with Crippen molar-refractivity contribution in [3.8, 4) is 22.6 Å². The quantitative estimate of drug-likeness (QED) is 0.439. The van der Waals surface area contributed by atoms with E-state index in [1.54, 1.807) is 36.7 Å². The first kappa shape index (κ1) is 21.7. The fourth-order valence-corrected chi connectivity index (χ4v) is 4.26. The molecule has 0 atom stereocenters. The number of aromatic nitrogens is 1. The predicted molar refractivity (Wildman–Crippen MR) is 117 cm³/mol. The van der Waals surface area contributed by atoms with Crippen molar-refractivity contribution in [2.75, 3.05) is 23.9 Å². The third-order valence-corrected chi connectivity index (χ3v) is 5.79. The van der Waals surface area contributed by atoms with Gasteiger partial charge < -0.3 is 14.8 Å². The molecule has 2 aliphatic heterocycles. The summed E-state index contributed by atoms with van der Waals surface area (Å²) in [4.78, 5) is 30.3. The summed E-state index contributed by atoms with van der Waals surface area (Å²) in [6, 6.07) is 8.49. The molecule has 3 aromatic rings. The fraction of sp³-hybridized carbons (Fsp3) is 0.208. The van der Waals surface area contributed by atoms with Crippen molar-refractivity contribution >= 4 is 23.4 Å². The summed E-state index contributed by atoms with van der Waals surface area (Å²) in [7, 11) is 1.18. The van der Waals surface area contributed by atoms with Crippen LogP contribution in [0.4, 0.5) is 29.3 Å². The molecule has 7 nitrogen and oxygen atoms in total. The van der Waals surface area contributed by atoms with Gasteiger partial charge in [-0.05, 0) is 42.3 Å². The number of urea groups is 1. The Bertz CT molecular complexity index is 1310. The van der Waals surface area contributed by atoms with Crippen LogP contribution in [0.2, 0.25) is 0 Å². The van der Waals surface area contributed by atoms with E-state index in [0.29, 0.717) is 40.1 Å². The Morgan fingerprint density at radius 1 is 1.21 bits per heavy atom. The standard InChI is InChI=1S/C24H18F3N3O4/c1-33-20-8-13-4-6-30(19(13)11-18(20)24(25,26)27)23(32)29-16-7-15-9-21(31)34-22(15)17(10-16)14-3-2-5-28-12-14/h2-3,5,7-8,10-12H,4,6,9H2,1H3,(H,29,32). The van der Waals surface area contributed by atoms with Crippen LogP contribution in [0.5, 0.6) is 11.5 Å². The van der Waals surface area contributed by atoms with Gasteiger partial charge in [-0.3, -0.25) is 14.7 Å². The summed E-state index contributed by atoms with van der Waals surface area (Å²) in [5.74, 6) is -0.284. The Balaban J connectivity index is 1.48. The molecule has 34 heavy (non-hydrogen) atoms. The smallest absolute Gasteiger partial charge is 0.420 e. The molecule has 10 heteroatoms. The topological polar surface area (TPSA) is 80.8 Å². The van der Waals surface area contributed by atoms with Gasteiger partial charge in [-0.15, -0.1) is 0 Å². The van der Waals surface area contributed by atoms with Gasteiger partial charge in [0, 0.05) is 47.0 Å². The van der Waals surface area contributed by atoms with E-state index in [2.05, 4.69) is 10.3 Å². The van der Waals surface area contributed by atoms with E-state index in [-0.39, 0.29) is 24.4 Å². The van der Waals surface area contributed by atoms with Gasteiger partial charge in [-0.25, -0.2) is 4.79 Å². The van der Waals surface area contributed by atoms with Crippen molar-refractivity contribution in [3.05, 3.63) is 65.5 Å². The Morgan fingerprint density at radius 2 is 2.03 bits per heavy atom. The van der Waals surface area contributed by atoms with Crippen LogP contribution in [0, 0.1) is 0 Å². The third kappa shape index (κ3) is 3.81. The highest BCUT2D eigenvalue weighted by molar-refractivity contribution is 6.04. The number of amides is 2. The molecule has 3 heterocycles. The minimum atomic E-state index is -4.63. The second-order valence-electron chi connectivity index (χ2n) is 7.92. The van der Waals surface area contributed by atoms with Crippen LogP contribution in [0.25, 0.3) is 11.1 Å². The van der Waals surface area contributed by atoms with Crippen LogP contribution in [0.3, 0.4) is 0 Å². The molecule has 0 radical (unpaired) electrons. The van der Waals surface area contributed by atoms with Gasteiger partial charge in [0.25, 0.3) is 0 Å². The van der Waals surface area contributed by atoms with E-state index in [1.807, 2.05) is 0 Å². The van der Waals surface area contributed by atoms with Crippen molar-refractivity contribution < 1.29 is 32.2 Å². The number of nitrogens with zero attached hydrogens (tertiary/aromatic N) is 2. The second kappa shape index (κ2) is 8.05. The largest absolute Gasteiger partial charge is 0.496 e. The molecule has 2 amide bonds. The third-order valence-electron chi connectivity index (χ3n) is 5.79. The fourth-order valence-electron chi connectivity index (χ4n) is 4.26. The Hall–Kier alpha value is -4.08. The summed E-state index contributed by atoms with van der Waals surface area (Å²) >= 11 is 0. The number of nitrogens with one attached hydrogen (secondary N) is 1. The number of alkyl halides is 3. The molecule has 0 fully saturated rings. The summed E-state index contributed by atoms with van der Waals surface area (Å²) in [5, 5.41) is 2.75. The molecule has 0 unspecified atom stereocenters. The SMILES string of the molecule is COc1cc2c(cc1C(F)(F)F)N(C(=O)Nc1cc3c(c(-c4cccnc4)c1)OC(=O)C3)CC2. The molecule has 0 saturated carbocycles. The first-order chi connectivity index (χ1) is 16.2. The zero-order valence-corrected chi connectivity index (χ0v) is 17.9. The van der Waals surface area contributed by atoms with E-state index in [9.17, 15) is 22.8 Å². The van der Waals surface area contributed by atoms with Gasteiger partial charge >= 0.3 is 18.2 Å². The van der Waals surface area contributed by atoms with Crippen molar-refractivity contribution in [3.63, 3.8) is 0 Å². The van der Waals surface area contributed by atoms with Crippen LogP contribution < -0.4 is 19.7 Å². The highest BCUT2D eigenvalue weighted by atomic mass is 19.4. The summed E-state index contributed by atoms with van der Waals surface area (Å²) in [6.07, 6.45) is -0.971. The number of methoxy groups -OCH3 is 1. The van der Waals surface area contributed by atoms with Crippen LogP contribution in [0.15, 0.2) is 48.8 Å². The number of rotatable bonds is 3. The van der Waals surface area contributed by atoms with Crippen LogP contribution in [-0.4, -0.2) is 30.6 Å². The summed E-state index contributed by atoms with van der Waals surface area (Å²) < 4.78 is 50.8. The van der Waals surface area contributed by atoms with Crippen molar-refractivity contribution in [2.45, 2.75) is 19.0 Å². The number of benzene rings is 2. The number of fused-ring (bicyclic) bond motifs is 2. The number of carbonyl (C=O) groups is 2. The lowest BCUT2D eigenvalue weighted by atomic mass is 10.0. The number of carbonyl (C=O) groups excluding carboxylic acids is 2. The molecular weight excluding hydrogens is 451 g/mol. The minimum absolute atomic E-state index is 0.0492. The zero-order valence-electron chi connectivity index (χ0n) is 17.9. The monoisotopic (exact) mass is 469 g/mol. The van der Waals surface area contributed by atoms with E-state index in [0.717, 1.165) is 6.07 Å². The van der Waals surface area contributed by atoms with Crippen molar-refractivity contribution in [1.29, 1.82) is 0 Å². The van der Waals surface area contributed by atoms with Gasteiger partial charge in [-0.2, -0.15) is 13.2 Å². The van der Waals surface area contributed by atoms with Crippen LogP contribution in [-0.2, 0) is 23.8 Å². The lowest BCUT2D eigenvalue weighted by Crippen LogP contribution is -2.33. The number of anilines is 2. The summed E-state index contributed by atoms with van der Waals surface area (Å²) in [5.41, 5.74) is 2.09. The Morgan fingerprint density at radius 3 is 2.74 bits per heavy atom. The molecule has 1 aromatic heterocycles. The van der Waals surface area contributed by atoms with E-state index < -0.39 is 23.7 Å². The van der Waals surface area contributed by atoms with Crippen LogP contribution >= 0.6 is 0 Å². The Labute approximate surface area is 192 Å². The maximum Gasteiger partial charge on any atom is 0.420 e. The molecule has 1 N–H and O–H groups in total. The minimum Gasteiger partial charge on any atom is -0.496 e. The molecule has 174 valence electrons. The molecule has 2 aliphatic rings. The number of halogens is 3. The molecular formula is C24H18F3N3O4. The molecule has 0 bridgehead atoms. The lowest BCUT2D eigenvalue weighted by molar-refractivity contribution is -0.138. The average molecular weight is 469 g/mol. The maximum atomic E-state index is 13.5.